The molecule has 0 saturated carbocycles. The van der Waals surface area contributed by atoms with E-state index >= 15 is 0 Å². The third-order valence-electron chi connectivity index (χ3n) is 4.00. The first-order valence-electron chi connectivity index (χ1n) is 7.68. The highest BCUT2D eigenvalue weighted by Gasteiger charge is 2.29. The minimum atomic E-state index is -0.335. The van der Waals surface area contributed by atoms with Crippen LogP contribution in [-0.4, -0.2) is 29.0 Å². The summed E-state index contributed by atoms with van der Waals surface area (Å²) >= 11 is 0. The Labute approximate surface area is 125 Å². The molecule has 1 fully saturated rings. The smallest absolute Gasteiger partial charge is 0.311 e. The van der Waals surface area contributed by atoms with E-state index < -0.39 is 0 Å². The molecular weight excluding hydrogens is 268 g/mol. The average Bonchev–Trinajstić information content (AvgIpc) is 2.47. The molecule has 1 aliphatic rings. The predicted molar refractivity (Wildman–Crippen MR) is 84.9 cm³/mol. The SMILES string of the molecule is CCCNc1ccc([N+](=O)[O-])c(N2CC(C)CCC2C)n1. The largest absolute Gasteiger partial charge is 0.370 e. The Balaban J connectivity index is 2.35. The fourth-order valence-corrected chi connectivity index (χ4v) is 2.73. The van der Waals surface area contributed by atoms with Gasteiger partial charge in [0.2, 0.25) is 5.82 Å². The maximum Gasteiger partial charge on any atom is 0.311 e. The van der Waals surface area contributed by atoms with Crippen LogP contribution in [0.2, 0.25) is 0 Å². The highest BCUT2D eigenvalue weighted by molar-refractivity contribution is 5.62. The van der Waals surface area contributed by atoms with E-state index in [-0.39, 0.29) is 16.7 Å². The number of nitro groups is 1. The van der Waals surface area contributed by atoms with Crippen LogP contribution in [0.25, 0.3) is 0 Å². The Bertz CT molecular complexity index is 506. The monoisotopic (exact) mass is 292 g/mol. The summed E-state index contributed by atoms with van der Waals surface area (Å²) in [6.45, 7) is 8.02. The lowest BCUT2D eigenvalue weighted by Gasteiger charge is -2.37. The van der Waals surface area contributed by atoms with E-state index in [1.54, 1.807) is 12.1 Å². The van der Waals surface area contributed by atoms with Gasteiger partial charge in [-0.05, 0) is 38.2 Å². The van der Waals surface area contributed by atoms with Crippen LogP contribution < -0.4 is 10.2 Å². The molecule has 2 unspecified atom stereocenters. The van der Waals surface area contributed by atoms with Crippen LogP contribution >= 0.6 is 0 Å². The lowest BCUT2D eigenvalue weighted by atomic mass is 9.95. The van der Waals surface area contributed by atoms with Gasteiger partial charge in [-0.25, -0.2) is 4.98 Å². The Morgan fingerprint density at radius 2 is 2.19 bits per heavy atom. The summed E-state index contributed by atoms with van der Waals surface area (Å²) in [5, 5.41) is 14.5. The Morgan fingerprint density at radius 3 is 2.86 bits per heavy atom. The fraction of sp³-hybridized carbons (Fsp3) is 0.667. The first kappa shape index (κ1) is 15.5. The van der Waals surface area contributed by atoms with Crippen molar-refractivity contribution in [3.8, 4) is 0 Å². The molecule has 0 radical (unpaired) electrons. The summed E-state index contributed by atoms with van der Waals surface area (Å²) in [7, 11) is 0. The molecule has 1 saturated heterocycles. The Kier molecular flexibility index (Phi) is 4.98. The normalized spacial score (nSPS) is 22.1. The van der Waals surface area contributed by atoms with Crippen LogP contribution in [-0.2, 0) is 0 Å². The maximum atomic E-state index is 11.3. The van der Waals surface area contributed by atoms with Crippen LogP contribution in [0.15, 0.2) is 12.1 Å². The molecule has 6 nitrogen and oxygen atoms in total. The zero-order valence-electron chi connectivity index (χ0n) is 13.0. The van der Waals surface area contributed by atoms with Gasteiger partial charge >= 0.3 is 5.69 Å². The minimum Gasteiger partial charge on any atom is -0.370 e. The van der Waals surface area contributed by atoms with Crippen molar-refractivity contribution in [2.24, 2.45) is 5.92 Å². The molecule has 21 heavy (non-hydrogen) atoms. The number of anilines is 2. The highest BCUT2D eigenvalue weighted by Crippen LogP contribution is 2.33. The second-order valence-corrected chi connectivity index (χ2v) is 5.91. The number of hydrogen-bond donors (Lipinski definition) is 1. The number of nitrogens with one attached hydrogen (secondary N) is 1. The average molecular weight is 292 g/mol. The number of rotatable bonds is 5. The van der Waals surface area contributed by atoms with E-state index in [0.29, 0.717) is 17.6 Å². The molecule has 2 atom stereocenters. The zero-order chi connectivity index (χ0) is 15.4. The standard InChI is InChI=1S/C15H24N4O2/c1-4-9-16-14-8-7-13(19(20)21)15(17-14)18-10-11(2)5-6-12(18)3/h7-8,11-12H,4-6,9-10H2,1-3H3,(H,16,17). The van der Waals surface area contributed by atoms with E-state index in [2.05, 4.69) is 36.0 Å². The van der Waals surface area contributed by atoms with Crippen molar-refractivity contribution < 1.29 is 4.92 Å². The first-order chi connectivity index (χ1) is 10.0. The van der Waals surface area contributed by atoms with Crippen LogP contribution in [0.1, 0.15) is 40.0 Å². The van der Waals surface area contributed by atoms with Crippen LogP contribution in [0.5, 0.6) is 0 Å². The summed E-state index contributed by atoms with van der Waals surface area (Å²) in [4.78, 5) is 17.6. The summed E-state index contributed by atoms with van der Waals surface area (Å²) in [5.74, 6) is 1.75. The summed E-state index contributed by atoms with van der Waals surface area (Å²) in [6, 6.07) is 3.54. The molecule has 0 bridgehead atoms. The van der Waals surface area contributed by atoms with Gasteiger partial charge in [-0.15, -0.1) is 0 Å². The molecule has 0 amide bonds. The molecule has 2 rings (SSSR count). The summed E-state index contributed by atoms with van der Waals surface area (Å²) < 4.78 is 0. The first-order valence-corrected chi connectivity index (χ1v) is 7.68. The summed E-state index contributed by atoms with van der Waals surface area (Å²) in [5.41, 5.74) is 0.0954. The van der Waals surface area contributed by atoms with E-state index in [0.717, 1.165) is 25.9 Å². The van der Waals surface area contributed by atoms with Gasteiger partial charge in [-0.1, -0.05) is 13.8 Å². The van der Waals surface area contributed by atoms with Gasteiger partial charge in [-0.2, -0.15) is 0 Å². The molecule has 116 valence electrons. The van der Waals surface area contributed by atoms with Gasteiger partial charge in [-0.3, -0.25) is 10.1 Å². The van der Waals surface area contributed by atoms with Crippen molar-refractivity contribution in [2.45, 2.75) is 46.1 Å². The second kappa shape index (κ2) is 6.74. The van der Waals surface area contributed by atoms with Gasteiger partial charge in [0.15, 0.2) is 0 Å². The molecule has 0 spiro atoms. The molecule has 0 aliphatic carbocycles. The fourth-order valence-electron chi connectivity index (χ4n) is 2.73. The molecule has 1 aliphatic heterocycles. The molecule has 1 aromatic heterocycles. The lowest BCUT2D eigenvalue weighted by molar-refractivity contribution is -0.384. The number of nitrogens with zero attached hydrogens (tertiary/aromatic N) is 3. The number of aromatic nitrogens is 1. The van der Waals surface area contributed by atoms with Crippen molar-refractivity contribution in [1.82, 2.24) is 4.98 Å². The summed E-state index contributed by atoms with van der Waals surface area (Å²) in [6.07, 6.45) is 3.21. The number of piperidine rings is 1. The van der Waals surface area contributed by atoms with Crippen LogP contribution in [0, 0.1) is 16.0 Å². The van der Waals surface area contributed by atoms with Gasteiger partial charge in [0.1, 0.15) is 5.82 Å². The topological polar surface area (TPSA) is 71.3 Å². The zero-order valence-corrected chi connectivity index (χ0v) is 13.0. The van der Waals surface area contributed by atoms with E-state index in [1.807, 2.05) is 0 Å². The predicted octanol–water partition coefficient (Wildman–Crippen LogP) is 3.44. The Morgan fingerprint density at radius 1 is 1.43 bits per heavy atom. The van der Waals surface area contributed by atoms with E-state index in [4.69, 9.17) is 0 Å². The minimum absolute atomic E-state index is 0.0954. The van der Waals surface area contributed by atoms with E-state index in [9.17, 15) is 10.1 Å². The van der Waals surface area contributed by atoms with Crippen LogP contribution in [0.4, 0.5) is 17.3 Å². The second-order valence-electron chi connectivity index (χ2n) is 5.91. The van der Waals surface area contributed by atoms with Crippen LogP contribution in [0.3, 0.4) is 0 Å². The number of hydrogen-bond acceptors (Lipinski definition) is 5. The van der Waals surface area contributed by atoms with Gasteiger partial charge in [0.25, 0.3) is 0 Å². The highest BCUT2D eigenvalue weighted by atomic mass is 16.6. The third-order valence-corrected chi connectivity index (χ3v) is 4.00. The molecule has 1 N–H and O–H groups in total. The van der Waals surface area contributed by atoms with Gasteiger partial charge in [0.05, 0.1) is 4.92 Å². The molecule has 0 aromatic carbocycles. The van der Waals surface area contributed by atoms with Crippen molar-refractivity contribution in [3.05, 3.63) is 22.2 Å². The van der Waals surface area contributed by atoms with Crippen molar-refractivity contribution in [1.29, 1.82) is 0 Å². The van der Waals surface area contributed by atoms with Crippen molar-refractivity contribution in [3.63, 3.8) is 0 Å². The quantitative estimate of drug-likeness (QED) is 0.665. The van der Waals surface area contributed by atoms with Gasteiger partial charge < -0.3 is 10.2 Å². The van der Waals surface area contributed by atoms with Crippen molar-refractivity contribution in [2.75, 3.05) is 23.3 Å². The molecule has 2 heterocycles. The Hall–Kier alpha value is -1.85. The van der Waals surface area contributed by atoms with E-state index in [1.165, 1.54) is 6.42 Å². The lowest BCUT2D eigenvalue weighted by Crippen LogP contribution is -2.42. The molecular formula is C15H24N4O2. The van der Waals surface area contributed by atoms with Crippen molar-refractivity contribution >= 4 is 17.3 Å². The number of pyridine rings is 1. The van der Waals surface area contributed by atoms with Gasteiger partial charge in [0, 0.05) is 25.2 Å². The molecule has 1 aromatic rings. The maximum absolute atomic E-state index is 11.3. The molecule has 6 heteroatoms. The third kappa shape index (κ3) is 3.62.